The Kier molecular flexibility index (Phi) is 4.74. The van der Waals surface area contributed by atoms with Gasteiger partial charge in [0.25, 0.3) is 0 Å². The van der Waals surface area contributed by atoms with Gasteiger partial charge < -0.3 is 9.52 Å². The Labute approximate surface area is 200 Å². The summed E-state index contributed by atoms with van der Waals surface area (Å²) < 4.78 is 7.95. The van der Waals surface area contributed by atoms with Crippen molar-refractivity contribution >= 4 is 22.6 Å². The Morgan fingerprint density at radius 3 is 2.56 bits per heavy atom. The summed E-state index contributed by atoms with van der Waals surface area (Å²) in [6.07, 6.45) is 1.93. The van der Waals surface area contributed by atoms with Gasteiger partial charge in [-0.15, -0.1) is 0 Å². The van der Waals surface area contributed by atoms with Gasteiger partial charge in [0.15, 0.2) is 5.76 Å². The molecule has 0 aliphatic heterocycles. The molecule has 0 saturated carbocycles. The van der Waals surface area contributed by atoms with Crippen LogP contribution in [0.25, 0.3) is 50.6 Å². The zero-order valence-electron chi connectivity index (χ0n) is 18.2. The van der Waals surface area contributed by atoms with E-state index in [2.05, 4.69) is 10.2 Å². The van der Waals surface area contributed by atoms with Gasteiger partial charge >= 0.3 is 0 Å². The Hall–Kier alpha value is -4.29. The SMILES string of the molecule is Cc1cc(O)c(-c2cc(-c3cn(-c4ccccc4)nc3-c3cc4ccccc4o3)n[nH]2)cc1Cl. The molecule has 0 atom stereocenters. The molecule has 0 amide bonds. The quantitative estimate of drug-likeness (QED) is 0.293. The molecule has 0 unspecified atom stereocenters. The number of aromatic nitrogens is 4. The Bertz CT molecular complexity index is 1610. The molecule has 3 heterocycles. The van der Waals surface area contributed by atoms with Crippen LogP contribution >= 0.6 is 11.6 Å². The first-order valence-corrected chi connectivity index (χ1v) is 11.1. The maximum Gasteiger partial charge on any atom is 0.156 e. The second kappa shape index (κ2) is 7.93. The third-order valence-corrected chi connectivity index (χ3v) is 6.22. The number of H-pyrrole nitrogens is 1. The van der Waals surface area contributed by atoms with E-state index in [9.17, 15) is 5.11 Å². The van der Waals surface area contributed by atoms with Crippen LogP contribution in [0.4, 0.5) is 0 Å². The number of aromatic hydroxyl groups is 1. The lowest BCUT2D eigenvalue weighted by Crippen LogP contribution is -1.93. The molecule has 166 valence electrons. The predicted octanol–water partition coefficient (Wildman–Crippen LogP) is 7.01. The highest BCUT2D eigenvalue weighted by atomic mass is 35.5. The average molecular weight is 467 g/mol. The molecule has 3 aromatic carbocycles. The van der Waals surface area contributed by atoms with Crippen LogP contribution in [-0.2, 0) is 0 Å². The predicted molar refractivity (Wildman–Crippen MR) is 133 cm³/mol. The summed E-state index contributed by atoms with van der Waals surface area (Å²) in [6, 6.07) is 25.0. The number of furan rings is 1. The molecule has 0 radical (unpaired) electrons. The smallest absolute Gasteiger partial charge is 0.156 e. The summed E-state index contributed by atoms with van der Waals surface area (Å²) in [5.41, 5.74) is 5.88. The van der Waals surface area contributed by atoms with E-state index in [4.69, 9.17) is 21.1 Å². The van der Waals surface area contributed by atoms with Crippen molar-refractivity contribution in [2.75, 3.05) is 0 Å². The van der Waals surface area contributed by atoms with Gasteiger partial charge in [-0.2, -0.15) is 10.2 Å². The molecular formula is C27H19ClN4O2. The third-order valence-electron chi connectivity index (χ3n) is 5.81. The number of fused-ring (bicyclic) bond motifs is 1. The number of hydrogen-bond acceptors (Lipinski definition) is 4. The Morgan fingerprint density at radius 1 is 0.941 bits per heavy atom. The lowest BCUT2D eigenvalue weighted by atomic mass is 10.1. The fourth-order valence-electron chi connectivity index (χ4n) is 4.03. The van der Waals surface area contributed by atoms with E-state index >= 15 is 0 Å². The summed E-state index contributed by atoms with van der Waals surface area (Å²) in [5.74, 6) is 0.784. The first-order chi connectivity index (χ1) is 16.6. The molecule has 2 N–H and O–H groups in total. The average Bonchev–Trinajstić information content (AvgIpc) is 3.59. The number of aryl methyl sites for hydroxylation is 1. The maximum absolute atomic E-state index is 10.5. The molecule has 34 heavy (non-hydrogen) atoms. The summed E-state index contributed by atoms with van der Waals surface area (Å²) in [5, 5.41) is 24.5. The van der Waals surface area contributed by atoms with E-state index in [1.54, 1.807) is 12.1 Å². The van der Waals surface area contributed by atoms with Crippen LogP contribution in [0, 0.1) is 6.92 Å². The number of halogens is 1. The zero-order valence-corrected chi connectivity index (χ0v) is 18.9. The molecule has 0 fully saturated rings. The number of nitrogens with zero attached hydrogens (tertiary/aromatic N) is 3. The van der Waals surface area contributed by atoms with Crippen molar-refractivity contribution in [2.45, 2.75) is 6.92 Å². The van der Waals surface area contributed by atoms with E-state index in [1.807, 2.05) is 84.5 Å². The van der Waals surface area contributed by atoms with Crippen LogP contribution in [0.3, 0.4) is 0 Å². The van der Waals surface area contributed by atoms with Gasteiger partial charge in [-0.25, -0.2) is 4.68 Å². The number of hydrogen-bond donors (Lipinski definition) is 2. The van der Waals surface area contributed by atoms with Gasteiger partial charge in [0.05, 0.1) is 22.6 Å². The lowest BCUT2D eigenvalue weighted by Gasteiger charge is -2.05. The maximum atomic E-state index is 10.5. The number of para-hydroxylation sites is 2. The topological polar surface area (TPSA) is 79.9 Å². The second-order valence-electron chi connectivity index (χ2n) is 8.11. The number of rotatable bonds is 4. The van der Waals surface area contributed by atoms with Crippen LogP contribution in [-0.4, -0.2) is 25.1 Å². The minimum atomic E-state index is 0.134. The molecular weight excluding hydrogens is 448 g/mol. The fourth-order valence-corrected chi connectivity index (χ4v) is 4.20. The zero-order chi connectivity index (χ0) is 23.2. The fraction of sp³-hybridized carbons (Fsp3) is 0.0370. The highest BCUT2D eigenvalue weighted by molar-refractivity contribution is 6.31. The summed E-state index contributed by atoms with van der Waals surface area (Å²) in [6.45, 7) is 1.85. The van der Waals surface area contributed by atoms with Crippen LogP contribution in [0.5, 0.6) is 5.75 Å². The molecule has 0 aliphatic rings. The summed E-state index contributed by atoms with van der Waals surface area (Å²) in [7, 11) is 0. The minimum absolute atomic E-state index is 0.134. The summed E-state index contributed by atoms with van der Waals surface area (Å²) >= 11 is 6.30. The van der Waals surface area contributed by atoms with E-state index in [0.29, 0.717) is 33.4 Å². The van der Waals surface area contributed by atoms with Crippen molar-refractivity contribution < 1.29 is 9.52 Å². The van der Waals surface area contributed by atoms with Gasteiger partial charge in [0.2, 0.25) is 0 Å². The molecule has 0 bridgehead atoms. The Balaban J connectivity index is 1.51. The number of aromatic amines is 1. The van der Waals surface area contributed by atoms with Crippen molar-refractivity contribution in [3.05, 3.63) is 95.6 Å². The first kappa shape index (κ1) is 20.3. The van der Waals surface area contributed by atoms with Crippen LogP contribution < -0.4 is 0 Å². The molecule has 6 rings (SSSR count). The largest absolute Gasteiger partial charge is 0.507 e. The van der Waals surface area contributed by atoms with Gasteiger partial charge in [-0.05, 0) is 55.0 Å². The molecule has 0 spiro atoms. The number of phenols is 1. The lowest BCUT2D eigenvalue weighted by molar-refractivity contribution is 0.476. The Morgan fingerprint density at radius 2 is 1.74 bits per heavy atom. The normalized spacial score (nSPS) is 11.4. The van der Waals surface area contributed by atoms with E-state index in [-0.39, 0.29) is 5.75 Å². The molecule has 6 nitrogen and oxygen atoms in total. The van der Waals surface area contributed by atoms with Gasteiger partial charge in [-0.1, -0.05) is 48.0 Å². The second-order valence-corrected chi connectivity index (χ2v) is 8.51. The monoisotopic (exact) mass is 466 g/mol. The minimum Gasteiger partial charge on any atom is -0.507 e. The van der Waals surface area contributed by atoms with Crippen LogP contribution in [0.2, 0.25) is 5.02 Å². The van der Waals surface area contributed by atoms with Crippen LogP contribution in [0.15, 0.2) is 89.5 Å². The van der Waals surface area contributed by atoms with E-state index in [0.717, 1.165) is 27.8 Å². The molecule has 0 saturated heterocycles. The summed E-state index contributed by atoms with van der Waals surface area (Å²) in [4.78, 5) is 0. The van der Waals surface area contributed by atoms with Crippen molar-refractivity contribution in [3.8, 4) is 45.4 Å². The van der Waals surface area contributed by atoms with Gasteiger partial charge in [0, 0.05) is 22.2 Å². The number of benzene rings is 3. The van der Waals surface area contributed by atoms with Gasteiger partial charge in [-0.3, -0.25) is 5.10 Å². The molecule has 6 aromatic rings. The van der Waals surface area contributed by atoms with Crippen molar-refractivity contribution in [2.24, 2.45) is 0 Å². The highest BCUT2D eigenvalue weighted by Crippen LogP contribution is 2.38. The number of nitrogens with one attached hydrogen (secondary N) is 1. The molecule has 0 aliphatic carbocycles. The highest BCUT2D eigenvalue weighted by Gasteiger charge is 2.21. The molecule has 7 heteroatoms. The standard InChI is InChI=1S/C27H19ClN4O2/c1-16-11-24(33)19(13-21(16)28)22-14-23(30-29-22)20-15-32(18-8-3-2-4-9-18)31-27(20)26-12-17-7-5-6-10-25(17)34-26/h2-15,33H,1H3,(H,29,30). The van der Waals surface area contributed by atoms with E-state index < -0.39 is 0 Å². The van der Waals surface area contributed by atoms with Crippen molar-refractivity contribution in [3.63, 3.8) is 0 Å². The van der Waals surface area contributed by atoms with E-state index in [1.165, 1.54) is 0 Å². The van der Waals surface area contributed by atoms with Crippen LogP contribution in [0.1, 0.15) is 5.56 Å². The number of phenolic OH excluding ortho intramolecular Hbond substituents is 1. The van der Waals surface area contributed by atoms with Gasteiger partial charge in [0.1, 0.15) is 17.0 Å². The first-order valence-electron chi connectivity index (χ1n) is 10.8. The van der Waals surface area contributed by atoms with Crippen molar-refractivity contribution in [1.82, 2.24) is 20.0 Å². The third kappa shape index (κ3) is 3.45. The van der Waals surface area contributed by atoms with Crippen molar-refractivity contribution in [1.29, 1.82) is 0 Å². The molecule has 3 aromatic heterocycles.